The quantitative estimate of drug-likeness (QED) is 0.172. The van der Waals surface area contributed by atoms with E-state index in [1.54, 1.807) is 0 Å². The normalized spacial score (nSPS) is 11.8. The van der Waals surface area contributed by atoms with Crippen molar-refractivity contribution in [3.63, 3.8) is 0 Å². The molecule has 0 amide bonds. The molecule has 0 spiro atoms. The second-order valence-electron chi connectivity index (χ2n) is 13.2. The molecule has 0 aliphatic carbocycles. The van der Waals surface area contributed by atoms with Crippen molar-refractivity contribution in [1.29, 1.82) is 0 Å². The molecular weight excluding hydrogens is 605 g/mol. The van der Waals surface area contributed by atoms with Gasteiger partial charge >= 0.3 is 0 Å². The van der Waals surface area contributed by atoms with Gasteiger partial charge in [0.15, 0.2) is 0 Å². The van der Waals surface area contributed by atoms with Crippen LogP contribution in [0.4, 0.5) is 0 Å². The van der Waals surface area contributed by atoms with Crippen LogP contribution in [0.5, 0.6) is 0 Å². The zero-order valence-electron chi connectivity index (χ0n) is 27.1. The summed E-state index contributed by atoms with van der Waals surface area (Å²) < 4.78 is 4.79. The van der Waals surface area contributed by atoms with Gasteiger partial charge in [-0.25, -0.2) is 0 Å². The molecule has 0 aliphatic rings. The number of hydrogen-bond acceptors (Lipinski definition) is 0. The van der Waals surface area contributed by atoms with Crippen LogP contribution in [0, 0.1) is 12.1 Å². The highest BCUT2D eigenvalue weighted by Gasteiger charge is 2.16. The van der Waals surface area contributed by atoms with E-state index in [9.17, 15) is 0 Å². The van der Waals surface area contributed by atoms with E-state index in [0.29, 0.717) is 0 Å². The summed E-state index contributed by atoms with van der Waals surface area (Å²) in [6.07, 6.45) is 0. The lowest BCUT2D eigenvalue weighted by Crippen LogP contribution is -1.94. The van der Waals surface area contributed by atoms with Gasteiger partial charge in [-0.3, -0.25) is 0 Å². The molecule has 2 heterocycles. The molecule has 0 N–H and O–H groups in total. The number of para-hydroxylation sites is 3. The summed E-state index contributed by atoms with van der Waals surface area (Å²) in [6.45, 7) is 0. The van der Waals surface area contributed by atoms with Crippen LogP contribution in [0.15, 0.2) is 170 Å². The number of nitrogens with zero attached hydrogens (tertiary/aromatic N) is 2. The highest BCUT2D eigenvalue weighted by molar-refractivity contribution is 6.25. The average Bonchev–Trinajstić information content (AvgIpc) is 3.71. The van der Waals surface area contributed by atoms with Crippen molar-refractivity contribution in [3.05, 3.63) is 182 Å². The monoisotopic (exact) mass is 632 g/mol. The van der Waals surface area contributed by atoms with Crippen molar-refractivity contribution < 1.29 is 0 Å². The summed E-state index contributed by atoms with van der Waals surface area (Å²) in [5.41, 5.74) is 9.58. The molecular formula is C48H28N2. The van der Waals surface area contributed by atoms with E-state index in [2.05, 4.69) is 185 Å². The Morgan fingerprint density at radius 2 is 0.820 bits per heavy atom. The Hall–Kier alpha value is -6.82. The number of rotatable bonds is 3. The van der Waals surface area contributed by atoms with Gasteiger partial charge in [-0.15, -0.1) is 0 Å². The summed E-state index contributed by atoms with van der Waals surface area (Å²) >= 11 is 0. The first-order valence-corrected chi connectivity index (χ1v) is 17.1. The summed E-state index contributed by atoms with van der Waals surface area (Å²) in [6, 6.07) is 68.3. The second kappa shape index (κ2) is 10.3. The van der Waals surface area contributed by atoms with Crippen molar-refractivity contribution in [2.75, 3.05) is 0 Å². The molecule has 2 aromatic heterocycles. The lowest BCUT2D eigenvalue weighted by molar-refractivity contribution is 1.18. The van der Waals surface area contributed by atoms with Gasteiger partial charge < -0.3 is 9.13 Å². The zero-order valence-corrected chi connectivity index (χ0v) is 27.1. The van der Waals surface area contributed by atoms with Crippen LogP contribution in [0.25, 0.3) is 98.4 Å². The van der Waals surface area contributed by atoms with Crippen LogP contribution in [0.2, 0.25) is 0 Å². The molecule has 0 unspecified atom stereocenters. The molecule has 0 saturated carbocycles. The van der Waals surface area contributed by atoms with Crippen LogP contribution < -0.4 is 0 Å². The lowest BCUT2D eigenvalue weighted by atomic mass is 9.95. The van der Waals surface area contributed by atoms with Crippen LogP contribution in [0.3, 0.4) is 0 Å². The fraction of sp³-hybridized carbons (Fsp3) is 0. The van der Waals surface area contributed by atoms with Crippen molar-refractivity contribution >= 4 is 75.9 Å². The highest BCUT2D eigenvalue weighted by Crippen LogP contribution is 2.39. The van der Waals surface area contributed by atoms with Gasteiger partial charge in [-0.1, -0.05) is 115 Å². The maximum absolute atomic E-state index is 3.39. The molecule has 0 radical (unpaired) electrons. The Morgan fingerprint density at radius 3 is 1.52 bits per heavy atom. The average molecular weight is 633 g/mol. The molecule has 50 heavy (non-hydrogen) atoms. The summed E-state index contributed by atoms with van der Waals surface area (Å²) in [5, 5.41) is 12.3. The molecule has 0 atom stereocenters. The van der Waals surface area contributed by atoms with Crippen LogP contribution >= 0.6 is 0 Å². The summed E-state index contributed by atoms with van der Waals surface area (Å²) in [4.78, 5) is 0. The van der Waals surface area contributed by atoms with Gasteiger partial charge in [0.2, 0.25) is 0 Å². The maximum Gasteiger partial charge on any atom is 0.0541 e. The Labute approximate surface area is 288 Å². The van der Waals surface area contributed by atoms with Gasteiger partial charge in [-0.2, -0.15) is 0 Å². The number of hydrogen-bond donors (Lipinski definition) is 0. The van der Waals surface area contributed by atoms with E-state index in [4.69, 9.17) is 0 Å². The molecule has 11 aromatic rings. The van der Waals surface area contributed by atoms with E-state index >= 15 is 0 Å². The lowest BCUT2D eigenvalue weighted by Gasteiger charge is -2.13. The summed E-state index contributed by atoms with van der Waals surface area (Å²) in [7, 11) is 0. The Kier molecular flexibility index (Phi) is 5.62. The van der Waals surface area contributed by atoms with Crippen molar-refractivity contribution in [1.82, 2.24) is 9.13 Å². The van der Waals surface area contributed by atoms with Gasteiger partial charge in [0.1, 0.15) is 0 Å². The molecule has 9 aromatic carbocycles. The molecule has 0 fully saturated rings. The first-order chi connectivity index (χ1) is 24.8. The zero-order chi connectivity index (χ0) is 32.8. The summed E-state index contributed by atoms with van der Waals surface area (Å²) in [5.74, 6) is 0. The third-order valence-corrected chi connectivity index (χ3v) is 10.5. The van der Waals surface area contributed by atoms with Crippen molar-refractivity contribution in [2.45, 2.75) is 0 Å². The Balaban J connectivity index is 1.07. The first kappa shape index (κ1) is 27.2. The van der Waals surface area contributed by atoms with E-state index in [1.165, 1.54) is 81.7 Å². The number of aromatic nitrogens is 2. The standard InChI is InChI=1S/C48H28N2/c1-2-13-37-35(11-1)36-12-3-4-14-38(36)43-30-34(26-27-39(37)43)50-47-20-10-7-17-42(47)44-29-32(23-28-48(44)50)31-21-24-33(25-22-31)49-45-18-8-5-15-40(45)41-16-6-9-19-46(41)49/h2-10,12-30H. The predicted molar refractivity (Wildman–Crippen MR) is 211 cm³/mol. The highest BCUT2D eigenvalue weighted by atomic mass is 15.0. The number of fused-ring (bicyclic) bond motifs is 12. The predicted octanol–water partition coefficient (Wildman–Crippen LogP) is 12.6. The maximum atomic E-state index is 3.39. The minimum absolute atomic E-state index is 1.12. The smallest absolute Gasteiger partial charge is 0.0541 e. The largest absolute Gasteiger partial charge is 0.309 e. The Morgan fingerprint density at radius 1 is 0.320 bits per heavy atom. The fourth-order valence-electron chi connectivity index (χ4n) is 8.33. The van der Waals surface area contributed by atoms with Crippen molar-refractivity contribution in [2.24, 2.45) is 0 Å². The molecule has 0 aliphatic heterocycles. The Bertz CT molecular complexity index is 3050. The minimum Gasteiger partial charge on any atom is -0.309 e. The SMILES string of the molecule is c1ccc2c(c#1)c1ccccc1c1cc(-n3c4ccccc4c4cc(-c5ccc(-n6c7ccccc7c7ccccc76)cc5)ccc43)ccc21. The van der Waals surface area contributed by atoms with E-state index in [0.717, 1.165) is 16.8 Å². The molecule has 0 saturated heterocycles. The third kappa shape index (κ3) is 3.81. The molecule has 230 valence electrons. The molecule has 0 bridgehead atoms. The van der Waals surface area contributed by atoms with Gasteiger partial charge in [-0.05, 0) is 105 Å². The van der Waals surface area contributed by atoms with Gasteiger partial charge in [0, 0.05) is 38.3 Å². The second-order valence-corrected chi connectivity index (χ2v) is 13.2. The van der Waals surface area contributed by atoms with Gasteiger partial charge in [0.05, 0.1) is 22.1 Å². The van der Waals surface area contributed by atoms with E-state index in [-0.39, 0.29) is 0 Å². The molecule has 11 rings (SSSR count). The third-order valence-electron chi connectivity index (χ3n) is 10.5. The van der Waals surface area contributed by atoms with Crippen molar-refractivity contribution in [3.8, 4) is 22.5 Å². The number of benzene rings is 8. The first-order valence-electron chi connectivity index (χ1n) is 17.1. The van der Waals surface area contributed by atoms with Crippen LogP contribution in [0.1, 0.15) is 0 Å². The van der Waals surface area contributed by atoms with Crippen LogP contribution in [-0.4, -0.2) is 9.13 Å². The molecule has 2 heteroatoms. The van der Waals surface area contributed by atoms with Gasteiger partial charge in [0.25, 0.3) is 0 Å². The minimum atomic E-state index is 1.12. The fourth-order valence-corrected chi connectivity index (χ4v) is 8.33. The topological polar surface area (TPSA) is 9.86 Å². The van der Waals surface area contributed by atoms with Crippen LogP contribution in [-0.2, 0) is 0 Å². The van der Waals surface area contributed by atoms with E-state index in [1.807, 2.05) is 6.07 Å². The van der Waals surface area contributed by atoms with E-state index < -0.39 is 0 Å². The molecule has 2 nitrogen and oxygen atoms in total.